The first-order chi connectivity index (χ1) is 12.6. The van der Waals surface area contributed by atoms with Crippen molar-refractivity contribution >= 4 is 17.4 Å². The molecule has 134 valence electrons. The zero-order chi connectivity index (χ0) is 18.1. The Bertz CT molecular complexity index is 861. The maximum Gasteiger partial charge on any atom is 0.227 e. The lowest BCUT2D eigenvalue weighted by atomic mass is 10.1. The van der Waals surface area contributed by atoms with E-state index in [4.69, 9.17) is 9.47 Å². The highest BCUT2D eigenvalue weighted by Gasteiger charge is 2.30. The molecule has 1 unspecified atom stereocenters. The van der Waals surface area contributed by atoms with E-state index in [0.29, 0.717) is 30.3 Å². The summed E-state index contributed by atoms with van der Waals surface area (Å²) < 4.78 is 11.0. The zero-order valence-electron chi connectivity index (χ0n) is 14.7. The lowest BCUT2D eigenvalue weighted by molar-refractivity contribution is -0.118. The summed E-state index contributed by atoms with van der Waals surface area (Å²) in [4.78, 5) is 27.1. The molecule has 0 aromatic heterocycles. The van der Waals surface area contributed by atoms with E-state index in [0.717, 1.165) is 12.1 Å². The number of rotatable bonds is 4. The van der Waals surface area contributed by atoms with E-state index >= 15 is 0 Å². The van der Waals surface area contributed by atoms with Gasteiger partial charge in [0.25, 0.3) is 0 Å². The Morgan fingerprint density at radius 1 is 1.04 bits per heavy atom. The van der Waals surface area contributed by atoms with Crippen LogP contribution in [0.4, 0.5) is 5.69 Å². The van der Waals surface area contributed by atoms with Crippen LogP contribution < -0.4 is 14.4 Å². The van der Waals surface area contributed by atoms with Crippen molar-refractivity contribution < 1.29 is 19.1 Å². The van der Waals surface area contributed by atoms with Gasteiger partial charge in [-0.3, -0.25) is 9.59 Å². The van der Waals surface area contributed by atoms with Crippen molar-refractivity contribution in [3.8, 4) is 11.5 Å². The number of fused-ring (bicyclic) bond motifs is 2. The number of ether oxygens (including phenoxy) is 2. The van der Waals surface area contributed by atoms with Crippen LogP contribution in [0.15, 0.2) is 42.5 Å². The van der Waals surface area contributed by atoms with Gasteiger partial charge in [-0.25, -0.2) is 0 Å². The van der Waals surface area contributed by atoms with E-state index in [9.17, 15) is 9.59 Å². The maximum atomic E-state index is 12.7. The molecule has 4 rings (SSSR count). The molecule has 2 aliphatic rings. The van der Waals surface area contributed by atoms with E-state index in [-0.39, 0.29) is 30.6 Å². The fourth-order valence-electron chi connectivity index (χ4n) is 3.65. The second kappa shape index (κ2) is 6.83. The summed E-state index contributed by atoms with van der Waals surface area (Å²) in [5, 5.41) is 0. The summed E-state index contributed by atoms with van der Waals surface area (Å²) in [6.45, 7) is 3.04. The predicted octanol–water partition coefficient (Wildman–Crippen LogP) is 3.40. The number of carbonyl (C=O) groups excluding carboxylic acids is 2. The first kappa shape index (κ1) is 16.6. The number of Topliss-reactive ketones (excluding diaryl/α,β-unsaturated/α-hetero) is 1. The molecule has 2 heterocycles. The predicted molar refractivity (Wildman–Crippen MR) is 98.1 cm³/mol. The number of hydrogen-bond acceptors (Lipinski definition) is 4. The molecule has 2 aliphatic heterocycles. The molecule has 2 aromatic carbocycles. The van der Waals surface area contributed by atoms with E-state index in [1.165, 1.54) is 5.56 Å². The molecule has 5 nitrogen and oxygen atoms in total. The van der Waals surface area contributed by atoms with Gasteiger partial charge in [0.1, 0.15) is 13.2 Å². The molecular formula is C21H21NO4. The lowest BCUT2D eigenvalue weighted by Crippen LogP contribution is -2.35. The van der Waals surface area contributed by atoms with Crippen LogP contribution in [0.2, 0.25) is 0 Å². The zero-order valence-corrected chi connectivity index (χ0v) is 14.7. The quantitative estimate of drug-likeness (QED) is 0.792. The van der Waals surface area contributed by atoms with Crippen LogP contribution in [-0.2, 0) is 11.2 Å². The van der Waals surface area contributed by atoms with Gasteiger partial charge in [0, 0.05) is 30.1 Å². The van der Waals surface area contributed by atoms with Gasteiger partial charge in [0.05, 0.1) is 0 Å². The largest absolute Gasteiger partial charge is 0.486 e. The average Bonchev–Trinajstić information content (AvgIpc) is 3.01. The van der Waals surface area contributed by atoms with Crippen molar-refractivity contribution in [2.75, 3.05) is 18.1 Å². The molecule has 1 atom stereocenters. The van der Waals surface area contributed by atoms with E-state index < -0.39 is 0 Å². The minimum absolute atomic E-state index is 0.00616. The normalized spacial score (nSPS) is 17.7. The summed E-state index contributed by atoms with van der Waals surface area (Å²) >= 11 is 0. The third-order valence-corrected chi connectivity index (χ3v) is 4.91. The molecule has 0 saturated carbocycles. The maximum absolute atomic E-state index is 12.7. The average molecular weight is 351 g/mol. The van der Waals surface area contributed by atoms with Gasteiger partial charge >= 0.3 is 0 Å². The molecule has 26 heavy (non-hydrogen) atoms. The Morgan fingerprint density at radius 2 is 1.81 bits per heavy atom. The van der Waals surface area contributed by atoms with E-state index in [2.05, 4.69) is 6.07 Å². The fourth-order valence-corrected chi connectivity index (χ4v) is 3.65. The van der Waals surface area contributed by atoms with Crippen molar-refractivity contribution in [1.29, 1.82) is 0 Å². The molecule has 0 fully saturated rings. The van der Waals surface area contributed by atoms with Gasteiger partial charge in [-0.15, -0.1) is 0 Å². The highest BCUT2D eigenvalue weighted by molar-refractivity contribution is 6.02. The minimum Gasteiger partial charge on any atom is -0.486 e. The Morgan fingerprint density at radius 3 is 2.65 bits per heavy atom. The number of amides is 1. The smallest absolute Gasteiger partial charge is 0.227 e. The van der Waals surface area contributed by atoms with Gasteiger partial charge in [0.2, 0.25) is 5.91 Å². The van der Waals surface area contributed by atoms with Gasteiger partial charge in [-0.05, 0) is 43.2 Å². The van der Waals surface area contributed by atoms with Crippen LogP contribution >= 0.6 is 0 Å². The Kier molecular flexibility index (Phi) is 4.37. The number of nitrogens with zero attached hydrogens (tertiary/aromatic N) is 1. The SMILES string of the molecule is CC1Cc2ccccc2N1C(=O)CCC(=O)c1ccc2c(c1)OCCO2. The van der Waals surface area contributed by atoms with Gasteiger partial charge in [0.15, 0.2) is 17.3 Å². The van der Waals surface area contributed by atoms with Crippen molar-refractivity contribution in [2.45, 2.75) is 32.2 Å². The highest BCUT2D eigenvalue weighted by Crippen LogP contribution is 2.33. The molecule has 0 N–H and O–H groups in total. The molecule has 0 radical (unpaired) electrons. The first-order valence-corrected chi connectivity index (χ1v) is 8.96. The molecule has 1 amide bonds. The highest BCUT2D eigenvalue weighted by atomic mass is 16.6. The Labute approximate surface area is 152 Å². The molecule has 0 saturated heterocycles. The molecule has 0 bridgehead atoms. The topological polar surface area (TPSA) is 55.8 Å². The van der Waals surface area contributed by atoms with Crippen LogP contribution in [0.25, 0.3) is 0 Å². The second-order valence-electron chi connectivity index (χ2n) is 6.73. The number of carbonyl (C=O) groups is 2. The summed E-state index contributed by atoms with van der Waals surface area (Å²) in [6.07, 6.45) is 1.24. The third kappa shape index (κ3) is 3.05. The number of para-hydroxylation sites is 1. The monoisotopic (exact) mass is 351 g/mol. The van der Waals surface area contributed by atoms with E-state index in [1.807, 2.05) is 30.0 Å². The Hall–Kier alpha value is -2.82. The summed E-state index contributed by atoms with van der Waals surface area (Å²) in [7, 11) is 0. The van der Waals surface area contributed by atoms with Crippen LogP contribution in [0.5, 0.6) is 11.5 Å². The van der Waals surface area contributed by atoms with Gasteiger partial charge < -0.3 is 14.4 Å². The molecule has 0 aliphatic carbocycles. The molecule has 5 heteroatoms. The fraction of sp³-hybridized carbons (Fsp3) is 0.333. The second-order valence-corrected chi connectivity index (χ2v) is 6.73. The van der Waals surface area contributed by atoms with Gasteiger partial charge in [-0.2, -0.15) is 0 Å². The Balaban J connectivity index is 1.42. The van der Waals surface area contributed by atoms with Crippen molar-refractivity contribution in [3.05, 3.63) is 53.6 Å². The minimum atomic E-state index is -0.0598. The number of ketones is 1. The van der Waals surface area contributed by atoms with Crippen LogP contribution in [0.1, 0.15) is 35.7 Å². The summed E-state index contributed by atoms with van der Waals surface area (Å²) in [5.74, 6) is 1.19. The first-order valence-electron chi connectivity index (χ1n) is 8.96. The van der Waals surface area contributed by atoms with Crippen LogP contribution in [0, 0.1) is 0 Å². The standard InChI is InChI=1S/C21H21NO4/c1-14-12-15-4-2-3-5-17(15)22(14)21(24)9-7-18(23)16-6-8-19-20(13-16)26-11-10-25-19/h2-6,8,13-14H,7,9-12H2,1H3. The molecule has 2 aromatic rings. The third-order valence-electron chi connectivity index (χ3n) is 4.91. The van der Waals surface area contributed by atoms with Crippen molar-refractivity contribution in [1.82, 2.24) is 0 Å². The molecular weight excluding hydrogens is 330 g/mol. The van der Waals surface area contributed by atoms with Crippen LogP contribution in [0.3, 0.4) is 0 Å². The number of anilines is 1. The number of benzene rings is 2. The van der Waals surface area contributed by atoms with Gasteiger partial charge in [-0.1, -0.05) is 18.2 Å². The number of hydrogen-bond donors (Lipinski definition) is 0. The van der Waals surface area contributed by atoms with Crippen molar-refractivity contribution in [2.24, 2.45) is 0 Å². The summed E-state index contributed by atoms with van der Waals surface area (Å²) in [5.41, 5.74) is 2.71. The van der Waals surface area contributed by atoms with Crippen molar-refractivity contribution in [3.63, 3.8) is 0 Å². The molecule has 0 spiro atoms. The van der Waals surface area contributed by atoms with E-state index in [1.54, 1.807) is 18.2 Å². The summed E-state index contributed by atoms with van der Waals surface area (Å²) in [6, 6.07) is 13.3. The lowest BCUT2D eigenvalue weighted by Gasteiger charge is -2.22. The van der Waals surface area contributed by atoms with Crippen LogP contribution in [-0.4, -0.2) is 30.9 Å².